The molecule has 0 aliphatic rings. The second-order valence-electron chi connectivity index (χ2n) is 13.7. The van der Waals surface area contributed by atoms with E-state index in [4.69, 9.17) is 5.41 Å². The summed E-state index contributed by atoms with van der Waals surface area (Å²) in [6, 6.07) is 44.3. The number of anilines is 8. The van der Waals surface area contributed by atoms with Gasteiger partial charge in [0.2, 0.25) is 23.8 Å². The Morgan fingerprint density at radius 2 is 0.778 bits per heavy atom. The van der Waals surface area contributed by atoms with E-state index in [1.807, 2.05) is 97.1 Å². The number of rotatable bonds is 15. The summed E-state index contributed by atoms with van der Waals surface area (Å²) in [6.07, 6.45) is -0.488. The monoisotopic (exact) mass is 877 g/mol. The quantitative estimate of drug-likeness (QED) is 0.0376. The first-order chi connectivity index (χ1) is 30.3. The Balaban J connectivity index is 1.13. The molecular formula is C44H35N11O6S2. The number of benzene rings is 6. The highest BCUT2D eigenvalue weighted by molar-refractivity contribution is 7.86. The van der Waals surface area contributed by atoms with Gasteiger partial charge in [-0.15, -0.1) is 0 Å². The highest BCUT2D eigenvalue weighted by atomic mass is 32.2. The van der Waals surface area contributed by atoms with E-state index in [1.54, 1.807) is 24.3 Å². The third kappa shape index (κ3) is 10.5. The maximum atomic E-state index is 12.9. The topological polar surface area (TPSA) is 258 Å². The van der Waals surface area contributed by atoms with Crippen molar-refractivity contribution in [2.75, 3.05) is 21.3 Å². The maximum Gasteiger partial charge on any atom is 0.295 e. The molecule has 17 nitrogen and oxygen atoms in total. The van der Waals surface area contributed by atoms with Crippen molar-refractivity contribution >= 4 is 72.5 Å². The smallest absolute Gasteiger partial charge is 0.295 e. The van der Waals surface area contributed by atoms with Crippen LogP contribution in [-0.4, -0.2) is 61.6 Å². The van der Waals surface area contributed by atoms with Gasteiger partial charge in [-0.2, -0.15) is 46.7 Å². The minimum absolute atomic E-state index is 0.0247. The average molecular weight is 878 g/mol. The fourth-order valence-electron chi connectivity index (χ4n) is 6.33. The van der Waals surface area contributed by atoms with Crippen molar-refractivity contribution in [3.8, 4) is 22.8 Å². The molecule has 0 atom stereocenters. The van der Waals surface area contributed by atoms with E-state index in [-0.39, 0.29) is 57.7 Å². The summed E-state index contributed by atoms with van der Waals surface area (Å²) in [5.41, 5.74) is 2.32. The average Bonchev–Trinajstić information content (AvgIpc) is 3.27. The van der Waals surface area contributed by atoms with Gasteiger partial charge in [0.25, 0.3) is 20.2 Å². The van der Waals surface area contributed by atoms with E-state index >= 15 is 0 Å². The summed E-state index contributed by atoms with van der Waals surface area (Å²) in [7, 11) is -9.94. The van der Waals surface area contributed by atoms with E-state index in [0.29, 0.717) is 22.7 Å². The molecule has 8 rings (SSSR count). The van der Waals surface area contributed by atoms with Crippen LogP contribution in [0.25, 0.3) is 22.8 Å². The largest absolute Gasteiger partial charge is 0.324 e. The number of para-hydroxylation sites is 4. The Kier molecular flexibility index (Phi) is 11.9. The Morgan fingerprint density at radius 3 is 1.13 bits per heavy atom. The first kappa shape index (κ1) is 41.8. The lowest BCUT2D eigenvalue weighted by Gasteiger charge is -2.15. The number of hydrogen-bond acceptors (Lipinski definition) is 15. The van der Waals surface area contributed by atoms with Gasteiger partial charge in [-0.1, -0.05) is 97.1 Å². The van der Waals surface area contributed by atoms with E-state index in [9.17, 15) is 25.9 Å². The Hall–Kier alpha value is -7.97. The highest BCUT2D eigenvalue weighted by Gasteiger charge is 2.25. The van der Waals surface area contributed by atoms with Gasteiger partial charge < -0.3 is 26.7 Å². The third-order valence-electron chi connectivity index (χ3n) is 9.20. The highest BCUT2D eigenvalue weighted by Crippen LogP contribution is 2.30. The number of hydrogen-bond donors (Lipinski definition) is 7. The molecule has 0 spiro atoms. The molecule has 2 heterocycles. The molecule has 0 fully saturated rings. The molecule has 2 aromatic heterocycles. The molecule has 6 aromatic carbocycles. The summed E-state index contributed by atoms with van der Waals surface area (Å²) in [5, 5.41) is 21.4. The zero-order chi connectivity index (χ0) is 44.0. The number of aromatic nitrogens is 6. The van der Waals surface area contributed by atoms with E-state index in [0.717, 1.165) is 12.1 Å². The zero-order valence-electron chi connectivity index (χ0n) is 32.7. The molecule has 8 aromatic rings. The molecular weight excluding hydrogens is 843 g/mol. The first-order valence-corrected chi connectivity index (χ1v) is 21.8. The molecule has 314 valence electrons. The van der Waals surface area contributed by atoms with Gasteiger partial charge in [-0.3, -0.25) is 9.11 Å². The van der Waals surface area contributed by atoms with Crippen LogP contribution in [0.2, 0.25) is 0 Å². The van der Waals surface area contributed by atoms with E-state index in [2.05, 4.69) is 51.2 Å². The van der Waals surface area contributed by atoms with Gasteiger partial charge in [0, 0.05) is 51.6 Å². The molecule has 0 saturated carbocycles. The van der Waals surface area contributed by atoms with Gasteiger partial charge in [-0.05, 0) is 66.2 Å². The van der Waals surface area contributed by atoms with E-state index in [1.165, 1.54) is 24.3 Å². The zero-order valence-corrected chi connectivity index (χ0v) is 34.4. The van der Waals surface area contributed by atoms with Crippen LogP contribution in [-0.2, 0) is 26.7 Å². The SMILES string of the molecule is N=C(Cc1ccc(-c2nc(Nc3ccccc3)nc(Nc3ccccc3)n2)cc1S(=O)(=O)O)c1ccc(-c2nc(Nc3ccccc3)nc(Nc3ccccc3)n2)cc1S(=O)(=O)O. The summed E-state index contributed by atoms with van der Waals surface area (Å²) in [6.45, 7) is 0. The van der Waals surface area contributed by atoms with Crippen LogP contribution in [0.3, 0.4) is 0 Å². The second kappa shape index (κ2) is 17.9. The van der Waals surface area contributed by atoms with Crippen LogP contribution in [0.15, 0.2) is 168 Å². The van der Waals surface area contributed by atoms with Crippen LogP contribution >= 0.6 is 0 Å². The van der Waals surface area contributed by atoms with Gasteiger partial charge in [0.05, 0.1) is 4.90 Å². The van der Waals surface area contributed by atoms with Crippen molar-refractivity contribution in [1.82, 2.24) is 29.9 Å². The predicted octanol–water partition coefficient (Wildman–Crippen LogP) is 8.47. The molecule has 7 N–H and O–H groups in total. The fourth-order valence-corrected chi connectivity index (χ4v) is 7.82. The van der Waals surface area contributed by atoms with Crippen molar-refractivity contribution < 1.29 is 25.9 Å². The Labute approximate surface area is 361 Å². The normalized spacial score (nSPS) is 11.4. The van der Waals surface area contributed by atoms with Crippen LogP contribution in [0.5, 0.6) is 0 Å². The molecule has 0 bridgehead atoms. The minimum atomic E-state index is -5.00. The summed E-state index contributed by atoms with van der Waals surface area (Å²) >= 11 is 0. The molecule has 19 heteroatoms. The van der Waals surface area contributed by atoms with Crippen molar-refractivity contribution in [2.24, 2.45) is 0 Å². The first-order valence-electron chi connectivity index (χ1n) is 18.9. The molecule has 63 heavy (non-hydrogen) atoms. The van der Waals surface area contributed by atoms with Crippen molar-refractivity contribution in [2.45, 2.75) is 16.2 Å². The maximum absolute atomic E-state index is 12.9. The Bertz CT molecular complexity index is 3050. The minimum Gasteiger partial charge on any atom is -0.324 e. The lowest BCUT2D eigenvalue weighted by Crippen LogP contribution is -2.14. The van der Waals surface area contributed by atoms with Gasteiger partial charge >= 0.3 is 0 Å². The van der Waals surface area contributed by atoms with Gasteiger partial charge in [0.1, 0.15) is 4.90 Å². The van der Waals surface area contributed by atoms with Crippen LogP contribution in [0.4, 0.5) is 46.5 Å². The fraction of sp³-hybridized carbons (Fsp3) is 0.0227. The second-order valence-corrected chi connectivity index (χ2v) is 16.5. The summed E-state index contributed by atoms with van der Waals surface area (Å²) in [5.74, 6) is 0.585. The predicted molar refractivity (Wildman–Crippen MR) is 240 cm³/mol. The van der Waals surface area contributed by atoms with Crippen molar-refractivity contribution in [3.05, 3.63) is 169 Å². The standard InChI is InChI=1S/C44H35N11O6S2/c45-36(35-24-23-30(27-38(35)63(59,60)61)40-52-43(48-33-17-9-3-10-18-33)55-44(53-40)49-34-19-11-4-12-20-34)25-28-21-22-29(26-37(28)62(56,57)58)39-50-41(46-31-13-5-1-6-14-31)54-42(51-39)47-32-15-7-2-8-16-32/h1-24,26-27,45H,25H2,(H,56,57,58)(H,59,60,61)(H2,46,47,50,51,54)(H2,48,49,52,53,55). The number of nitrogens with zero attached hydrogens (tertiary/aromatic N) is 6. The molecule has 0 amide bonds. The van der Waals surface area contributed by atoms with Gasteiger partial charge in [-0.25, -0.2) is 0 Å². The molecule has 0 radical (unpaired) electrons. The van der Waals surface area contributed by atoms with Gasteiger partial charge in [0.15, 0.2) is 11.6 Å². The van der Waals surface area contributed by atoms with E-state index < -0.39 is 42.2 Å². The lowest BCUT2D eigenvalue weighted by molar-refractivity contribution is 0.480. The third-order valence-corrected chi connectivity index (χ3v) is 11.0. The summed E-state index contributed by atoms with van der Waals surface area (Å²) < 4.78 is 72.7. The van der Waals surface area contributed by atoms with Crippen LogP contribution in [0.1, 0.15) is 11.1 Å². The van der Waals surface area contributed by atoms with Crippen LogP contribution in [0, 0.1) is 5.41 Å². The van der Waals surface area contributed by atoms with Crippen molar-refractivity contribution in [3.63, 3.8) is 0 Å². The lowest BCUT2D eigenvalue weighted by atomic mass is 9.99. The molecule has 0 saturated heterocycles. The summed E-state index contributed by atoms with van der Waals surface area (Å²) in [4.78, 5) is 25.8. The molecule has 0 aliphatic heterocycles. The van der Waals surface area contributed by atoms with Crippen LogP contribution < -0.4 is 21.3 Å². The molecule has 0 unspecified atom stereocenters. The molecule has 0 aliphatic carbocycles. The van der Waals surface area contributed by atoms with Crippen molar-refractivity contribution in [1.29, 1.82) is 5.41 Å². The Morgan fingerprint density at radius 1 is 0.444 bits per heavy atom. The number of nitrogens with one attached hydrogen (secondary N) is 5.